The lowest BCUT2D eigenvalue weighted by Gasteiger charge is -2.22. The molecule has 3 rings (SSSR count). The number of anilines is 4. The topological polar surface area (TPSA) is 80.2 Å². The predicted octanol–water partition coefficient (Wildman–Crippen LogP) is 4.26. The summed E-state index contributed by atoms with van der Waals surface area (Å²) in [4.78, 5) is 18.8. The second-order valence-corrected chi connectivity index (χ2v) is 6.11. The Balaban J connectivity index is 1.89. The number of nitrogens with one attached hydrogen (secondary N) is 1. The van der Waals surface area contributed by atoms with Gasteiger partial charge in [-0.3, -0.25) is 0 Å². The van der Waals surface area contributed by atoms with E-state index in [9.17, 15) is 4.79 Å². The summed E-state index contributed by atoms with van der Waals surface area (Å²) in [5, 5.41) is 11.2. The molecule has 0 amide bonds. The number of carbonyl (C=O) groups is 1. The Morgan fingerprint density at radius 1 is 1.14 bits per heavy atom. The van der Waals surface area contributed by atoms with E-state index in [0.717, 1.165) is 12.2 Å². The van der Waals surface area contributed by atoms with Gasteiger partial charge in [-0.05, 0) is 50.6 Å². The Bertz CT molecular complexity index is 961. The number of nitrogens with zero attached hydrogens (tertiary/aromatic N) is 4. The van der Waals surface area contributed by atoms with Crippen LogP contribution in [0.5, 0.6) is 0 Å². The van der Waals surface area contributed by atoms with Gasteiger partial charge in [-0.1, -0.05) is 24.3 Å². The van der Waals surface area contributed by atoms with Crippen molar-refractivity contribution in [3.05, 3.63) is 65.9 Å². The molecule has 0 aliphatic rings. The molecule has 0 fully saturated rings. The molecule has 0 unspecified atom stereocenters. The van der Waals surface area contributed by atoms with Crippen molar-refractivity contribution in [1.29, 1.82) is 0 Å². The summed E-state index contributed by atoms with van der Waals surface area (Å²) in [5.41, 5.74) is 3.18. The maximum Gasteiger partial charge on any atom is 0.340 e. The quantitative estimate of drug-likeness (QED) is 0.616. The zero-order chi connectivity index (χ0) is 19.9. The summed E-state index contributed by atoms with van der Waals surface area (Å²) in [7, 11) is 0. The molecule has 1 heterocycles. The zero-order valence-electron chi connectivity index (χ0n) is 16.2. The molecular formula is C21H23N5O2. The van der Waals surface area contributed by atoms with E-state index < -0.39 is 5.97 Å². The fourth-order valence-corrected chi connectivity index (χ4v) is 2.85. The summed E-state index contributed by atoms with van der Waals surface area (Å²) >= 11 is 0. The van der Waals surface area contributed by atoms with Crippen molar-refractivity contribution in [2.75, 3.05) is 23.4 Å². The summed E-state index contributed by atoms with van der Waals surface area (Å²) in [6, 6.07) is 15.3. The smallest absolute Gasteiger partial charge is 0.340 e. The molecule has 7 nitrogen and oxygen atoms in total. The number of rotatable bonds is 7. The maximum atomic E-state index is 12.2. The molecule has 0 aliphatic heterocycles. The fraction of sp³-hybridized carbons (Fsp3) is 0.238. The molecule has 0 atom stereocenters. The molecule has 144 valence electrons. The molecule has 0 saturated heterocycles. The second kappa shape index (κ2) is 8.94. The minimum atomic E-state index is -0.398. The lowest BCUT2D eigenvalue weighted by Crippen LogP contribution is -2.18. The van der Waals surface area contributed by atoms with Crippen molar-refractivity contribution >= 4 is 29.1 Å². The van der Waals surface area contributed by atoms with Gasteiger partial charge in [0.1, 0.15) is 0 Å². The number of carbonyl (C=O) groups excluding carboxylic acids is 1. The summed E-state index contributed by atoms with van der Waals surface area (Å²) in [6.45, 7) is 6.90. The van der Waals surface area contributed by atoms with E-state index in [1.807, 2.05) is 30.0 Å². The third-order valence-corrected chi connectivity index (χ3v) is 4.12. The van der Waals surface area contributed by atoms with E-state index >= 15 is 0 Å². The third-order valence-electron chi connectivity index (χ3n) is 4.12. The normalized spacial score (nSPS) is 10.4. The fourth-order valence-electron chi connectivity index (χ4n) is 2.85. The van der Waals surface area contributed by atoms with Gasteiger partial charge >= 0.3 is 5.97 Å². The molecule has 0 aliphatic carbocycles. The van der Waals surface area contributed by atoms with E-state index in [2.05, 4.69) is 39.6 Å². The predicted molar refractivity (Wildman–Crippen MR) is 109 cm³/mol. The van der Waals surface area contributed by atoms with Crippen LogP contribution in [0.25, 0.3) is 0 Å². The summed E-state index contributed by atoms with van der Waals surface area (Å²) in [6.07, 6.45) is 1.62. The second-order valence-electron chi connectivity index (χ2n) is 6.11. The van der Waals surface area contributed by atoms with Crippen LogP contribution in [-0.2, 0) is 4.74 Å². The van der Waals surface area contributed by atoms with Crippen LogP contribution in [0.15, 0.2) is 54.7 Å². The van der Waals surface area contributed by atoms with Gasteiger partial charge in [0.2, 0.25) is 5.95 Å². The first-order valence-electron chi connectivity index (χ1n) is 9.19. The molecule has 1 aromatic heterocycles. The highest BCUT2D eigenvalue weighted by Gasteiger charge is 2.15. The highest BCUT2D eigenvalue weighted by atomic mass is 16.5. The first-order chi connectivity index (χ1) is 13.6. The Labute approximate surface area is 164 Å². The van der Waals surface area contributed by atoms with Gasteiger partial charge < -0.3 is 15.0 Å². The average molecular weight is 377 g/mol. The van der Waals surface area contributed by atoms with Crippen LogP contribution in [0, 0.1) is 6.92 Å². The van der Waals surface area contributed by atoms with Crippen molar-refractivity contribution in [2.45, 2.75) is 20.8 Å². The lowest BCUT2D eigenvalue weighted by molar-refractivity contribution is 0.0527. The number of benzene rings is 2. The molecule has 0 bridgehead atoms. The number of aryl methyl sites for hydroxylation is 1. The number of para-hydroxylation sites is 1. The Hall–Kier alpha value is -3.48. The van der Waals surface area contributed by atoms with Crippen LogP contribution >= 0.6 is 0 Å². The summed E-state index contributed by atoms with van der Waals surface area (Å²) in [5.74, 6) is 0.573. The zero-order valence-corrected chi connectivity index (χ0v) is 16.2. The van der Waals surface area contributed by atoms with Crippen molar-refractivity contribution in [3.63, 3.8) is 0 Å². The first-order valence-corrected chi connectivity index (χ1v) is 9.19. The standard InChI is InChI=1S/C21H23N5O2/c1-4-26(16-10-8-9-15(3)13-16)19-14-22-25-21(24-19)23-18-12-7-6-11-17(18)20(27)28-5-2/h6-14H,4-5H2,1-3H3,(H,23,24,25). The van der Waals surface area contributed by atoms with Crippen LogP contribution < -0.4 is 10.2 Å². The van der Waals surface area contributed by atoms with Gasteiger partial charge in [0, 0.05) is 12.2 Å². The SMILES string of the molecule is CCOC(=O)c1ccccc1Nc1nncc(N(CC)c2cccc(C)c2)n1. The molecule has 0 spiro atoms. The molecule has 0 saturated carbocycles. The van der Waals surface area contributed by atoms with Gasteiger partial charge in [0.15, 0.2) is 5.82 Å². The van der Waals surface area contributed by atoms with E-state index in [1.54, 1.807) is 31.3 Å². The van der Waals surface area contributed by atoms with Crippen molar-refractivity contribution < 1.29 is 9.53 Å². The Morgan fingerprint density at radius 3 is 2.71 bits per heavy atom. The van der Waals surface area contributed by atoms with Crippen molar-refractivity contribution in [1.82, 2.24) is 15.2 Å². The van der Waals surface area contributed by atoms with Crippen molar-refractivity contribution in [2.24, 2.45) is 0 Å². The molecule has 1 N–H and O–H groups in total. The third kappa shape index (κ3) is 4.43. The van der Waals surface area contributed by atoms with E-state index in [1.165, 1.54) is 5.56 Å². The summed E-state index contributed by atoms with van der Waals surface area (Å²) < 4.78 is 5.11. The van der Waals surface area contributed by atoms with Gasteiger partial charge in [-0.25, -0.2) is 4.79 Å². The highest BCUT2D eigenvalue weighted by Crippen LogP contribution is 2.25. The van der Waals surface area contributed by atoms with Crippen LogP contribution in [0.2, 0.25) is 0 Å². The Morgan fingerprint density at radius 2 is 1.96 bits per heavy atom. The van der Waals surface area contributed by atoms with Crippen LogP contribution in [-0.4, -0.2) is 34.3 Å². The molecule has 7 heteroatoms. The van der Waals surface area contributed by atoms with E-state index in [4.69, 9.17) is 4.74 Å². The van der Waals surface area contributed by atoms with Gasteiger partial charge in [-0.2, -0.15) is 10.1 Å². The van der Waals surface area contributed by atoms with Gasteiger partial charge in [0.05, 0.1) is 24.1 Å². The molecule has 2 aromatic carbocycles. The van der Waals surface area contributed by atoms with E-state index in [-0.39, 0.29) is 0 Å². The average Bonchev–Trinajstić information content (AvgIpc) is 2.70. The highest BCUT2D eigenvalue weighted by molar-refractivity contribution is 5.96. The van der Waals surface area contributed by atoms with Gasteiger partial charge in [0.25, 0.3) is 0 Å². The van der Waals surface area contributed by atoms with Crippen LogP contribution in [0.4, 0.5) is 23.1 Å². The molecular weight excluding hydrogens is 354 g/mol. The number of esters is 1. The number of ether oxygens (including phenoxy) is 1. The maximum absolute atomic E-state index is 12.2. The number of hydrogen-bond donors (Lipinski definition) is 1. The van der Waals surface area contributed by atoms with Crippen LogP contribution in [0.3, 0.4) is 0 Å². The minimum absolute atomic E-state index is 0.306. The van der Waals surface area contributed by atoms with Crippen molar-refractivity contribution in [3.8, 4) is 0 Å². The largest absolute Gasteiger partial charge is 0.462 e. The molecule has 28 heavy (non-hydrogen) atoms. The van der Waals surface area contributed by atoms with E-state index in [0.29, 0.717) is 29.6 Å². The molecule has 0 radical (unpaired) electrons. The Kier molecular flexibility index (Phi) is 6.16. The minimum Gasteiger partial charge on any atom is -0.462 e. The first kappa shape index (κ1) is 19.3. The van der Waals surface area contributed by atoms with Gasteiger partial charge in [-0.15, -0.1) is 5.10 Å². The number of hydrogen-bond acceptors (Lipinski definition) is 7. The number of aromatic nitrogens is 3. The monoisotopic (exact) mass is 377 g/mol. The molecule has 3 aromatic rings. The van der Waals surface area contributed by atoms with Crippen LogP contribution in [0.1, 0.15) is 29.8 Å². The lowest BCUT2D eigenvalue weighted by atomic mass is 10.2.